The Morgan fingerprint density at radius 2 is 1.96 bits per heavy atom. The van der Waals surface area contributed by atoms with Crippen LogP contribution in [0.3, 0.4) is 0 Å². The summed E-state index contributed by atoms with van der Waals surface area (Å²) in [5.41, 5.74) is 4.54. The lowest BCUT2D eigenvalue weighted by molar-refractivity contribution is -0.123. The van der Waals surface area contributed by atoms with E-state index in [1.807, 2.05) is 20.8 Å². The lowest BCUT2D eigenvalue weighted by Gasteiger charge is -2.09. The fraction of sp³-hybridized carbons (Fsp3) is 0.263. The summed E-state index contributed by atoms with van der Waals surface area (Å²) in [5.74, 6) is 0.466. The molecule has 26 heavy (non-hydrogen) atoms. The molecule has 0 saturated carbocycles. The Hall–Kier alpha value is -2.73. The van der Waals surface area contributed by atoms with E-state index in [0.29, 0.717) is 28.7 Å². The summed E-state index contributed by atoms with van der Waals surface area (Å²) in [5, 5.41) is 14.6. The van der Waals surface area contributed by atoms with Crippen molar-refractivity contribution in [2.75, 3.05) is 13.2 Å². The summed E-state index contributed by atoms with van der Waals surface area (Å²) in [6.07, 6.45) is 1.34. The molecule has 0 spiro atoms. The number of halogens is 1. The summed E-state index contributed by atoms with van der Waals surface area (Å²) in [7, 11) is 0. The SMILES string of the molecule is CCOc1cccc(/C=N\NC(=O)COc2cc(C)c(Cl)c(C)c2)c1O. The van der Waals surface area contributed by atoms with E-state index in [2.05, 4.69) is 10.5 Å². The molecule has 7 heteroatoms. The molecule has 0 unspecified atom stereocenters. The van der Waals surface area contributed by atoms with Gasteiger partial charge in [0.1, 0.15) is 5.75 Å². The average molecular weight is 377 g/mol. The second kappa shape index (κ2) is 9.10. The molecule has 2 rings (SSSR count). The van der Waals surface area contributed by atoms with Gasteiger partial charge in [-0.2, -0.15) is 5.10 Å². The summed E-state index contributed by atoms with van der Waals surface area (Å²) < 4.78 is 10.7. The van der Waals surface area contributed by atoms with Crippen LogP contribution in [0.25, 0.3) is 0 Å². The van der Waals surface area contributed by atoms with E-state index in [1.54, 1.807) is 30.3 Å². The molecule has 0 atom stereocenters. The highest BCUT2D eigenvalue weighted by molar-refractivity contribution is 6.32. The van der Waals surface area contributed by atoms with Gasteiger partial charge in [0, 0.05) is 10.6 Å². The summed E-state index contributed by atoms with van der Waals surface area (Å²) in [6, 6.07) is 8.57. The Morgan fingerprint density at radius 3 is 2.62 bits per heavy atom. The average Bonchev–Trinajstić information content (AvgIpc) is 2.61. The van der Waals surface area contributed by atoms with Crippen LogP contribution in [0.15, 0.2) is 35.4 Å². The maximum atomic E-state index is 11.8. The summed E-state index contributed by atoms with van der Waals surface area (Å²) in [4.78, 5) is 11.8. The third-order valence-corrected chi connectivity index (χ3v) is 4.10. The van der Waals surface area contributed by atoms with Crippen molar-refractivity contribution in [3.8, 4) is 17.2 Å². The van der Waals surface area contributed by atoms with Crippen molar-refractivity contribution in [2.45, 2.75) is 20.8 Å². The quantitative estimate of drug-likeness (QED) is 0.571. The number of amides is 1. The van der Waals surface area contributed by atoms with Crippen molar-refractivity contribution in [2.24, 2.45) is 5.10 Å². The number of nitrogens with one attached hydrogen (secondary N) is 1. The van der Waals surface area contributed by atoms with Gasteiger partial charge in [-0.3, -0.25) is 4.79 Å². The smallest absolute Gasteiger partial charge is 0.277 e. The Morgan fingerprint density at radius 1 is 1.27 bits per heavy atom. The maximum absolute atomic E-state index is 11.8. The van der Waals surface area contributed by atoms with Gasteiger partial charge in [-0.25, -0.2) is 5.43 Å². The second-order valence-electron chi connectivity index (χ2n) is 5.58. The highest BCUT2D eigenvalue weighted by Gasteiger charge is 2.07. The van der Waals surface area contributed by atoms with Crippen LogP contribution >= 0.6 is 11.6 Å². The number of carbonyl (C=O) groups excluding carboxylic acids is 1. The van der Waals surface area contributed by atoms with Crippen molar-refractivity contribution in [1.82, 2.24) is 5.43 Å². The van der Waals surface area contributed by atoms with E-state index in [0.717, 1.165) is 11.1 Å². The number of carbonyl (C=O) groups is 1. The molecule has 0 heterocycles. The minimum absolute atomic E-state index is 0.0317. The standard InChI is InChI=1S/C19H21ClN2O4/c1-4-25-16-7-5-6-14(19(16)24)10-21-22-17(23)11-26-15-8-12(2)18(20)13(3)9-15/h5-10,24H,4,11H2,1-3H3,(H,22,23)/b21-10-. The Labute approximate surface area is 157 Å². The molecule has 1 amide bonds. The van der Waals surface area contributed by atoms with Gasteiger partial charge in [-0.15, -0.1) is 0 Å². The number of phenolic OH excluding ortho intramolecular Hbond substituents is 1. The molecule has 0 aromatic heterocycles. The van der Waals surface area contributed by atoms with Crippen LogP contribution in [0.2, 0.25) is 5.02 Å². The molecule has 138 valence electrons. The zero-order valence-electron chi connectivity index (χ0n) is 14.9. The zero-order chi connectivity index (χ0) is 19.1. The van der Waals surface area contributed by atoms with Crippen LogP contribution in [0.1, 0.15) is 23.6 Å². The number of para-hydroxylation sites is 1. The van der Waals surface area contributed by atoms with Crippen molar-refractivity contribution in [3.63, 3.8) is 0 Å². The largest absolute Gasteiger partial charge is 0.504 e. The highest BCUT2D eigenvalue weighted by Crippen LogP contribution is 2.28. The number of rotatable bonds is 7. The predicted molar refractivity (Wildman–Crippen MR) is 101 cm³/mol. The number of hydrogen-bond donors (Lipinski definition) is 2. The molecule has 2 aromatic rings. The highest BCUT2D eigenvalue weighted by atomic mass is 35.5. The van der Waals surface area contributed by atoms with E-state index in [1.165, 1.54) is 6.21 Å². The predicted octanol–water partition coefficient (Wildman–Crippen LogP) is 3.59. The first kappa shape index (κ1) is 19.6. The number of nitrogens with zero attached hydrogens (tertiary/aromatic N) is 1. The third-order valence-electron chi connectivity index (χ3n) is 3.50. The van der Waals surface area contributed by atoms with Gasteiger partial charge in [-0.05, 0) is 56.2 Å². The lowest BCUT2D eigenvalue weighted by Crippen LogP contribution is -2.24. The molecular formula is C19H21ClN2O4. The summed E-state index contributed by atoms with van der Waals surface area (Å²) in [6.45, 7) is 5.81. The van der Waals surface area contributed by atoms with Crippen molar-refractivity contribution in [1.29, 1.82) is 0 Å². The number of phenols is 1. The number of aromatic hydroxyl groups is 1. The van der Waals surface area contributed by atoms with Crippen LogP contribution in [0, 0.1) is 13.8 Å². The number of hydrazone groups is 1. The molecule has 2 N–H and O–H groups in total. The minimum Gasteiger partial charge on any atom is -0.504 e. The van der Waals surface area contributed by atoms with Crippen molar-refractivity contribution in [3.05, 3.63) is 52.0 Å². The maximum Gasteiger partial charge on any atom is 0.277 e. The van der Waals surface area contributed by atoms with Crippen LogP contribution < -0.4 is 14.9 Å². The van der Waals surface area contributed by atoms with Crippen molar-refractivity contribution < 1.29 is 19.4 Å². The van der Waals surface area contributed by atoms with Gasteiger partial charge >= 0.3 is 0 Å². The number of hydrogen-bond acceptors (Lipinski definition) is 5. The first-order valence-corrected chi connectivity index (χ1v) is 8.46. The fourth-order valence-electron chi connectivity index (χ4n) is 2.26. The first-order chi connectivity index (χ1) is 12.4. The van der Waals surface area contributed by atoms with Crippen LogP contribution in [0.5, 0.6) is 17.2 Å². The fourth-order valence-corrected chi connectivity index (χ4v) is 2.37. The second-order valence-corrected chi connectivity index (χ2v) is 5.96. The Kier molecular flexibility index (Phi) is 6.86. The van der Waals surface area contributed by atoms with Crippen LogP contribution in [-0.2, 0) is 4.79 Å². The molecule has 0 aliphatic carbocycles. The molecule has 0 radical (unpaired) electrons. The van der Waals surface area contributed by atoms with E-state index >= 15 is 0 Å². The molecular weight excluding hydrogens is 356 g/mol. The zero-order valence-corrected chi connectivity index (χ0v) is 15.6. The van der Waals surface area contributed by atoms with Gasteiger partial charge in [-0.1, -0.05) is 17.7 Å². The number of benzene rings is 2. The van der Waals surface area contributed by atoms with E-state index in [9.17, 15) is 9.90 Å². The van der Waals surface area contributed by atoms with Gasteiger partial charge in [0.05, 0.1) is 12.8 Å². The van der Waals surface area contributed by atoms with Crippen molar-refractivity contribution >= 4 is 23.7 Å². The topological polar surface area (TPSA) is 80.2 Å². The van der Waals surface area contributed by atoms with E-state index < -0.39 is 5.91 Å². The van der Waals surface area contributed by atoms with Gasteiger partial charge < -0.3 is 14.6 Å². The first-order valence-electron chi connectivity index (χ1n) is 8.08. The monoisotopic (exact) mass is 376 g/mol. The van der Waals surface area contributed by atoms with Gasteiger partial charge in [0.25, 0.3) is 5.91 Å². The third kappa shape index (κ3) is 5.13. The minimum atomic E-state index is -0.424. The molecule has 0 bridgehead atoms. The van der Waals surface area contributed by atoms with Crippen LogP contribution in [0.4, 0.5) is 0 Å². The molecule has 0 aliphatic heterocycles. The van der Waals surface area contributed by atoms with E-state index in [4.69, 9.17) is 21.1 Å². The Balaban J connectivity index is 1.91. The number of ether oxygens (including phenoxy) is 2. The molecule has 0 fully saturated rings. The normalized spacial score (nSPS) is 10.8. The van der Waals surface area contributed by atoms with E-state index in [-0.39, 0.29) is 12.4 Å². The Bertz CT molecular complexity index is 798. The molecule has 0 aliphatic rings. The van der Waals surface area contributed by atoms with Gasteiger partial charge in [0.2, 0.25) is 0 Å². The summed E-state index contributed by atoms with van der Waals surface area (Å²) >= 11 is 6.10. The molecule has 2 aromatic carbocycles. The number of aryl methyl sites for hydroxylation is 2. The molecule has 6 nitrogen and oxygen atoms in total. The van der Waals surface area contributed by atoms with Gasteiger partial charge in [0.15, 0.2) is 18.1 Å². The lowest BCUT2D eigenvalue weighted by atomic mass is 10.1. The molecule has 0 saturated heterocycles. The van der Waals surface area contributed by atoms with Crippen LogP contribution in [-0.4, -0.2) is 30.4 Å².